The van der Waals surface area contributed by atoms with E-state index in [-0.39, 0.29) is 5.97 Å². The minimum atomic E-state index is -0.386. The van der Waals surface area contributed by atoms with Gasteiger partial charge in [0.1, 0.15) is 4.88 Å². The summed E-state index contributed by atoms with van der Waals surface area (Å²) in [7, 11) is 3.34. The average molecular weight is 290 g/mol. The van der Waals surface area contributed by atoms with Gasteiger partial charge < -0.3 is 15.4 Å². The van der Waals surface area contributed by atoms with E-state index in [2.05, 4.69) is 30.0 Å². The number of anilines is 2. The van der Waals surface area contributed by atoms with Crippen molar-refractivity contribution in [1.29, 1.82) is 0 Å². The zero-order valence-electron chi connectivity index (χ0n) is 11.8. The number of carbonyl (C=O) groups is 1. The van der Waals surface area contributed by atoms with Crippen LogP contribution in [0, 0.1) is 6.92 Å². The topological polar surface area (TPSA) is 55.6 Å². The quantitative estimate of drug-likeness (QED) is 0.879. The number of carbonyl (C=O) groups excluding carboxylic acids is 1. The number of methoxy groups -OCH3 is 1. The Morgan fingerprint density at radius 3 is 2.80 bits per heavy atom. The number of benzene rings is 1. The van der Waals surface area contributed by atoms with Gasteiger partial charge in [0, 0.05) is 13.6 Å². The predicted octanol–water partition coefficient (Wildman–Crippen LogP) is 3.06. The second-order valence-corrected chi connectivity index (χ2v) is 5.74. The maximum atomic E-state index is 11.6. The molecule has 0 fully saturated rings. The summed E-state index contributed by atoms with van der Waals surface area (Å²) in [4.78, 5) is 14.1. The van der Waals surface area contributed by atoms with Gasteiger partial charge in [0.25, 0.3) is 0 Å². The van der Waals surface area contributed by atoms with Crippen LogP contribution in [-0.2, 0) is 11.3 Å². The van der Waals surface area contributed by atoms with E-state index in [4.69, 9.17) is 10.5 Å². The SMILES string of the molecule is COC(=O)c1sc(N(C)Cc2cccc(C)c2)cc1N. The lowest BCUT2D eigenvalue weighted by atomic mass is 10.1. The minimum Gasteiger partial charge on any atom is -0.465 e. The molecule has 0 spiro atoms. The number of hydrogen-bond donors (Lipinski definition) is 1. The molecule has 0 bridgehead atoms. The van der Waals surface area contributed by atoms with Gasteiger partial charge in [-0.05, 0) is 18.6 Å². The molecule has 1 aromatic carbocycles. The second kappa shape index (κ2) is 5.96. The van der Waals surface area contributed by atoms with Gasteiger partial charge in [-0.25, -0.2) is 4.79 Å². The Labute approximate surface area is 122 Å². The zero-order valence-corrected chi connectivity index (χ0v) is 12.7. The van der Waals surface area contributed by atoms with Crippen molar-refractivity contribution in [3.63, 3.8) is 0 Å². The van der Waals surface area contributed by atoms with Crippen LogP contribution < -0.4 is 10.6 Å². The summed E-state index contributed by atoms with van der Waals surface area (Å²) in [6.45, 7) is 2.84. The van der Waals surface area contributed by atoms with Crippen LogP contribution in [0.1, 0.15) is 20.8 Å². The van der Waals surface area contributed by atoms with Crippen LogP contribution in [0.15, 0.2) is 30.3 Å². The van der Waals surface area contributed by atoms with Crippen molar-refractivity contribution in [2.24, 2.45) is 0 Å². The van der Waals surface area contributed by atoms with Gasteiger partial charge in [0.2, 0.25) is 0 Å². The predicted molar refractivity (Wildman–Crippen MR) is 83.4 cm³/mol. The Kier molecular flexibility index (Phi) is 4.29. The molecule has 2 rings (SSSR count). The van der Waals surface area contributed by atoms with Crippen LogP contribution >= 0.6 is 11.3 Å². The highest BCUT2D eigenvalue weighted by molar-refractivity contribution is 7.18. The van der Waals surface area contributed by atoms with Crippen molar-refractivity contribution in [2.75, 3.05) is 24.8 Å². The van der Waals surface area contributed by atoms with Crippen molar-refractivity contribution in [1.82, 2.24) is 0 Å². The number of nitrogens with zero attached hydrogens (tertiary/aromatic N) is 1. The highest BCUT2D eigenvalue weighted by Crippen LogP contribution is 2.32. The smallest absolute Gasteiger partial charge is 0.350 e. The van der Waals surface area contributed by atoms with Crippen LogP contribution in [0.2, 0.25) is 0 Å². The molecular weight excluding hydrogens is 272 g/mol. The molecule has 20 heavy (non-hydrogen) atoms. The first-order chi connectivity index (χ1) is 9.51. The molecule has 2 aromatic rings. The van der Waals surface area contributed by atoms with Gasteiger partial charge in [-0.15, -0.1) is 11.3 Å². The summed E-state index contributed by atoms with van der Waals surface area (Å²) in [6.07, 6.45) is 0. The summed E-state index contributed by atoms with van der Waals surface area (Å²) < 4.78 is 4.72. The molecule has 0 aliphatic carbocycles. The van der Waals surface area contributed by atoms with Gasteiger partial charge in [-0.1, -0.05) is 29.8 Å². The van der Waals surface area contributed by atoms with E-state index in [1.807, 2.05) is 19.2 Å². The lowest BCUT2D eigenvalue weighted by molar-refractivity contribution is 0.0607. The summed E-state index contributed by atoms with van der Waals surface area (Å²) in [6, 6.07) is 10.2. The normalized spacial score (nSPS) is 10.3. The Morgan fingerprint density at radius 2 is 2.15 bits per heavy atom. The van der Waals surface area contributed by atoms with E-state index in [9.17, 15) is 4.79 Å². The van der Waals surface area contributed by atoms with Crippen molar-refractivity contribution < 1.29 is 9.53 Å². The molecule has 0 atom stereocenters. The molecular formula is C15H18N2O2S. The molecule has 106 valence electrons. The standard InChI is InChI=1S/C15H18N2O2S/c1-10-5-4-6-11(7-10)9-17(2)13-8-12(16)14(20-13)15(18)19-3/h4-8H,9,16H2,1-3H3. The third-order valence-corrected chi connectivity index (χ3v) is 4.24. The fourth-order valence-corrected chi connectivity index (χ4v) is 2.95. The number of nitrogens with two attached hydrogens (primary N) is 1. The Bertz CT molecular complexity index is 622. The third kappa shape index (κ3) is 3.11. The number of esters is 1. The maximum absolute atomic E-state index is 11.6. The molecule has 0 aliphatic rings. The van der Waals surface area contributed by atoms with Crippen LogP contribution in [0.5, 0.6) is 0 Å². The molecule has 0 saturated carbocycles. The van der Waals surface area contributed by atoms with E-state index < -0.39 is 0 Å². The third-order valence-electron chi connectivity index (χ3n) is 3.00. The fourth-order valence-electron chi connectivity index (χ4n) is 1.99. The van der Waals surface area contributed by atoms with Crippen LogP contribution in [0.4, 0.5) is 10.7 Å². The molecule has 0 amide bonds. The molecule has 1 heterocycles. The number of nitrogen functional groups attached to an aromatic ring is 1. The lowest BCUT2D eigenvalue weighted by Crippen LogP contribution is -2.15. The number of thiophene rings is 1. The van der Waals surface area contributed by atoms with Gasteiger partial charge in [-0.3, -0.25) is 0 Å². The summed E-state index contributed by atoms with van der Waals surface area (Å²) in [5.41, 5.74) is 8.78. The zero-order chi connectivity index (χ0) is 14.7. The van der Waals surface area contributed by atoms with Crippen LogP contribution in [0.3, 0.4) is 0 Å². The van der Waals surface area contributed by atoms with Gasteiger partial charge in [-0.2, -0.15) is 0 Å². The molecule has 5 heteroatoms. The molecule has 4 nitrogen and oxygen atoms in total. The number of ether oxygens (including phenoxy) is 1. The van der Waals surface area contributed by atoms with Crippen molar-refractivity contribution in [3.05, 3.63) is 46.3 Å². The Hall–Kier alpha value is -2.01. The van der Waals surface area contributed by atoms with Gasteiger partial charge in [0.15, 0.2) is 0 Å². The van der Waals surface area contributed by atoms with E-state index in [1.54, 1.807) is 0 Å². The van der Waals surface area contributed by atoms with Crippen molar-refractivity contribution >= 4 is 28.0 Å². The fraction of sp³-hybridized carbons (Fsp3) is 0.267. The maximum Gasteiger partial charge on any atom is 0.350 e. The van der Waals surface area contributed by atoms with Gasteiger partial charge >= 0.3 is 5.97 Å². The summed E-state index contributed by atoms with van der Waals surface area (Å²) in [5, 5.41) is 0.949. The largest absolute Gasteiger partial charge is 0.465 e. The molecule has 0 aliphatic heterocycles. The van der Waals surface area contributed by atoms with Crippen LogP contribution in [0.25, 0.3) is 0 Å². The molecule has 2 N–H and O–H groups in total. The molecule has 1 aromatic heterocycles. The van der Waals surface area contributed by atoms with E-state index >= 15 is 0 Å². The number of rotatable bonds is 4. The lowest BCUT2D eigenvalue weighted by Gasteiger charge is -2.17. The number of aryl methyl sites for hydroxylation is 1. The van der Waals surface area contributed by atoms with E-state index in [1.165, 1.54) is 29.6 Å². The summed E-state index contributed by atoms with van der Waals surface area (Å²) >= 11 is 1.35. The first-order valence-corrected chi connectivity index (χ1v) is 7.07. The minimum absolute atomic E-state index is 0.386. The Balaban J connectivity index is 2.17. The second-order valence-electron chi connectivity index (χ2n) is 4.71. The molecule has 0 radical (unpaired) electrons. The highest BCUT2D eigenvalue weighted by atomic mass is 32.1. The van der Waals surface area contributed by atoms with E-state index in [0.29, 0.717) is 10.6 Å². The monoisotopic (exact) mass is 290 g/mol. The molecule has 0 unspecified atom stereocenters. The Morgan fingerprint density at radius 1 is 1.40 bits per heavy atom. The van der Waals surface area contributed by atoms with Gasteiger partial charge in [0.05, 0.1) is 17.8 Å². The van der Waals surface area contributed by atoms with Crippen molar-refractivity contribution in [3.8, 4) is 0 Å². The van der Waals surface area contributed by atoms with Crippen molar-refractivity contribution in [2.45, 2.75) is 13.5 Å². The van der Waals surface area contributed by atoms with E-state index in [0.717, 1.165) is 11.5 Å². The first kappa shape index (κ1) is 14.4. The highest BCUT2D eigenvalue weighted by Gasteiger charge is 2.16. The number of hydrogen-bond acceptors (Lipinski definition) is 5. The summed E-state index contributed by atoms with van der Waals surface area (Å²) in [5.74, 6) is -0.386. The van der Waals surface area contributed by atoms with Crippen LogP contribution in [-0.4, -0.2) is 20.1 Å². The molecule has 0 saturated heterocycles. The first-order valence-electron chi connectivity index (χ1n) is 6.25. The average Bonchev–Trinajstić information content (AvgIpc) is 2.80.